The topological polar surface area (TPSA) is 42.2 Å². The molecule has 0 saturated heterocycles. The molecule has 2 aromatic carbocycles. The maximum Gasteiger partial charge on any atom is 0.287 e. The molecule has 1 aromatic heterocycles. The minimum atomic E-state index is -0.239. The third-order valence-electron chi connectivity index (χ3n) is 3.07. The molecule has 3 rings (SSSR count). The van der Waals surface area contributed by atoms with E-state index in [9.17, 15) is 4.79 Å². The standard InChI is InChI=1S/C16H11BrClNO2/c17-12-4-3-11-7-15(21-14(11)8-12)16(20)19-9-10-1-5-13(18)6-2-10/h1-8H,9H2,(H,19,20). The molecule has 0 saturated carbocycles. The van der Waals surface area contributed by atoms with Crippen LogP contribution in [0.5, 0.6) is 0 Å². The van der Waals surface area contributed by atoms with Crippen LogP contribution >= 0.6 is 27.5 Å². The average molecular weight is 365 g/mol. The fourth-order valence-electron chi connectivity index (χ4n) is 1.99. The van der Waals surface area contributed by atoms with Crippen molar-refractivity contribution in [2.75, 3.05) is 0 Å². The number of hydrogen-bond donors (Lipinski definition) is 1. The fraction of sp³-hybridized carbons (Fsp3) is 0.0625. The highest BCUT2D eigenvalue weighted by Crippen LogP contribution is 2.23. The van der Waals surface area contributed by atoms with Gasteiger partial charge in [-0.2, -0.15) is 0 Å². The van der Waals surface area contributed by atoms with Crippen molar-refractivity contribution in [3.63, 3.8) is 0 Å². The Morgan fingerprint density at radius 3 is 2.67 bits per heavy atom. The van der Waals surface area contributed by atoms with Gasteiger partial charge in [0.1, 0.15) is 5.58 Å². The summed E-state index contributed by atoms with van der Waals surface area (Å²) in [5, 5.41) is 4.39. The molecule has 3 nitrogen and oxygen atoms in total. The van der Waals surface area contributed by atoms with Gasteiger partial charge in [-0.25, -0.2) is 0 Å². The van der Waals surface area contributed by atoms with Crippen molar-refractivity contribution in [3.05, 3.63) is 69.3 Å². The van der Waals surface area contributed by atoms with Crippen LogP contribution in [0.2, 0.25) is 5.02 Å². The zero-order valence-electron chi connectivity index (χ0n) is 10.9. The van der Waals surface area contributed by atoms with Crippen LogP contribution in [0.15, 0.2) is 57.4 Å². The van der Waals surface area contributed by atoms with E-state index in [4.69, 9.17) is 16.0 Å². The zero-order chi connectivity index (χ0) is 14.8. The lowest BCUT2D eigenvalue weighted by Crippen LogP contribution is -2.22. The number of carbonyl (C=O) groups is 1. The van der Waals surface area contributed by atoms with Gasteiger partial charge in [-0.1, -0.05) is 39.7 Å². The summed E-state index contributed by atoms with van der Waals surface area (Å²) >= 11 is 9.20. The molecule has 21 heavy (non-hydrogen) atoms. The number of fused-ring (bicyclic) bond motifs is 1. The van der Waals surface area contributed by atoms with Gasteiger partial charge in [0.2, 0.25) is 0 Å². The second-order valence-corrected chi connectivity index (χ2v) is 5.95. The molecule has 1 N–H and O–H groups in total. The van der Waals surface area contributed by atoms with Crippen LogP contribution in [0.1, 0.15) is 16.1 Å². The maximum atomic E-state index is 12.1. The van der Waals surface area contributed by atoms with Gasteiger partial charge in [0.25, 0.3) is 5.91 Å². The molecule has 106 valence electrons. The van der Waals surface area contributed by atoms with E-state index in [1.54, 1.807) is 18.2 Å². The van der Waals surface area contributed by atoms with E-state index in [-0.39, 0.29) is 5.91 Å². The number of benzene rings is 2. The van der Waals surface area contributed by atoms with Crippen LogP contribution in [0.3, 0.4) is 0 Å². The number of amides is 1. The van der Waals surface area contributed by atoms with Gasteiger partial charge >= 0.3 is 0 Å². The molecule has 0 unspecified atom stereocenters. The normalized spacial score (nSPS) is 10.8. The molecule has 0 aliphatic rings. The Balaban J connectivity index is 1.73. The number of halogens is 2. The number of rotatable bonds is 3. The van der Waals surface area contributed by atoms with Crippen molar-refractivity contribution in [2.45, 2.75) is 6.54 Å². The van der Waals surface area contributed by atoms with E-state index < -0.39 is 0 Å². The van der Waals surface area contributed by atoms with E-state index in [2.05, 4.69) is 21.2 Å². The van der Waals surface area contributed by atoms with Crippen molar-refractivity contribution < 1.29 is 9.21 Å². The molecule has 1 heterocycles. The van der Waals surface area contributed by atoms with Crippen LogP contribution in [-0.2, 0) is 6.54 Å². The minimum absolute atomic E-state index is 0.239. The number of nitrogens with one attached hydrogen (secondary N) is 1. The molecule has 5 heteroatoms. The second-order valence-electron chi connectivity index (χ2n) is 4.60. The first-order chi connectivity index (χ1) is 10.1. The zero-order valence-corrected chi connectivity index (χ0v) is 13.2. The second kappa shape index (κ2) is 5.92. The van der Waals surface area contributed by atoms with E-state index >= 15 is 0 Å². The number of furan rings is 1. The summed E-state index contributed by atoms with van der Waals surface area (Å²) in [5.41, 5.74) is 1.66. The van der Waals surface area contributed by atoms with Gasteiger partial charge in [-0.15, -0.1) is 0 Å². The molecule has 0 fully saturated rings. The van der Waals surface area contributed by atoms with Crippen LogP contribution < -0.4 is 5.32 Å². The molecule has 0 radical (unpaired) electrons. The predicted octanol–water partition coefficient (Wildman–Crippen LogP) is 4.78. The quantitative estimate of drug-likeness (QED) is 0.727. The van der Waals surface area contributed by atoms with Gasteiger partial charge in [-0.05, 0) is 42.0 Å². The molecule has 0 aliphatic heterocycles. The van der Waals surface area contributed by atoms with Gasteiger partial charge in [0.05, 0.1) is 0 Å². The molecular weight excluding hydrogens is 354 g/mol. The van der Waals surface area contributed by atoms with Gasteiger partial charge in [0.15, 0.2) is 5.76 Å². The Kier molecular flexibility index (Phi) is 3.99. The minimum Gasteiger partial charge on any atom is -0.451 e. The molecule has 0 spiro atoms. The Morgan fingerprint density at radius 1 is 1.14 bits per heavy atom. The first-order valence-corrected chi connectivity index (χ1v) is 7.51. The summed E-state index contributed by atoms with van der Waals surface area (Å²) in [6, 6.07) is 14.7. The summed E-state index contributed by atoms with van der Waals surface area (Å²) < 4.78 is 6.47. The lowest BCUT2D eigenvalue weighted by atomic mass is 10.2. The summed E-state index contributed by atoms with van der Waals surface area (Å²) in [6.45, 7) is 0.427. The molecular formula is C16H11BrClNO2. The first-order valence-electron chi connectivity index (χ1n) is 6.33. The predicted molar refractivity (Wildman–Crippen MR) is 86.5 cm³/mol. The Bertz CT molecular complexity index is 796. The third kappa shape index (κ3) is 3.28. The Morgan fingerprint density at radius 2 is 1.90 bits per heavy atom. The molecule has 0 aliphatic carbocycles. The summed E-state index contributed by atoms with van der Waals surface area (Å²) in [6.07, 6.45) is 0. The van der Waals surface area contributed by atoms with Crippen LogP contribution in [0.4, 0.5) is 0 Å². The molecule has 1 amide bonds. The van der Waals surface area contributed by atoms with Gasteiger partial charge in [0, 0.05) is 21.4 Å². The third-order valence-corrected chi connectivity index (χ3v) is 3.82. The van der Waals surface area contributed by atoms with E-state index in [0.29, 0.717) is 22.9 Å². The lowest BCUT2D eigenvalue weighted by Gasteiger charge is -2.03. The van der Waals surface area contributed by atoms with Gasteiger partial charge in [-0.3, -0.25) is 4.79 Å². The average Bonchev–Trinajstić information content (AvgIpc) is 2.89. The first kappa shape index (κ1) is 14.2. The highest BCUT2D eigenvalue weighted by molar-refractivity contribution is 9.10. The van der Waals surface area contributed by atoms with Gasteiger partial charge < -0.3 is 9.73 Å². The smallest absolute Gasteiger partial charge is 0.287 e. The Hall–Kier alpha value is -1.78. The van der Waals surface area contributed by atoms with E-state index in [1.807, 2.05) is 30.3 Å². The molecule has 0 bridgehead atoms. The maximum absolute atomic E-state index is 12.1. The highest BCUT2D eigenvalue weighted by Gasteiger charge is 2.12. The fourth-order valence-corrected chi connectivity index (χ4v) is 2.45. The van der Waals surface area contributed by atoms with E-state index in [1.165, 1.54) is 0 Å². The lowest BCUT2D eigenvalue weighted by molar-refractivity contribution is 0.0925. The van der Waals surface area contributed by atoms with Crippen molar-refractivity contribution in [1.82, 2.24) is 5.32 Å². The SMILES string of the molecule is O=C(NCc1ccc(Cl)cc1)c1cc2ccc(Br)cc2o1. The molecule has 3 aromatic rings. The summed E-state index contributed by atoms with van der Waals surface area (Å²) in [4.78, 5) is 12.1. The van der Waals surface area contributed by atoms with Crippen molar-refractivity contribution in [2.24, 2.45) is 0 Å². The number of carbonyl (C=O) groups excluding carboxylic acids is 1. The van der Waals surface area contributed by atoms with Crippen molar-refractivity contribution in [1.29, 1.82) is 0 Å². The van der Waals surface area contributed by atoms with Crippen LogP contribution in [0, 0.1) is 0 Å². The largest absolute Gasteiger partial charge is 0.451 e. The Labute approximate surface area is 135 Å². The van der Waals surface area contributed by atoms with Crippen LogP contribution in [-0.4, -0.2) is 5.91 Å². The molecule has 0 atom stereocenters. The van der Waals surface area contributed by atoms with Crippen LogP contribution in [0.25, 0.3) is 11.0 Å². The number of hydrogen-bond acceptors (Lipinski definition) is 2. The summed E-state index contributed by atoms with van der Waals surface area (Å²) in [5.74, 6) is 0.0642. The van der Waals surface area contributed by atoms with E-state index in [0.717, 1.165) is 15.4 Å². The van der Waals surface area contributed by atoms with Crippen molar-refractivity contribution in [3.8, 4) is 0 Å². The monoisotopic (exact) mass is 363 g/mol. The summed E-state index contributed by atoms with van der Waals surface area (Å²) in [7, 11) is 0. The van der Waals surface area contributed by atoms with Crippen molar-refractivity contribution >= 4 is 44.4 Å². The highest BCUT2D eigenvalue weighted by atomic mass is 79.9.